The Hall–Kier alpha value is -1.58. The van der Waals surface area contributed by atoms with E-state index < -0.39 is 0 Å². The molecular formula is C12H17N3O. The molecule has 16 heavy (non-hydrogen) atoms. The van der Waals surface area contributed by atoms with Crippen LogP contribution in [0.15, 0.2) is 12.3 Å². The molecule has 2 heterocycles. The van der Waals surface area contributed by atoms with Crippen LogP contribution < -0.4 is 10.6 Å². The fourth-order valence-electron chi connectivity index (χ4n) is 1.94. The van der Waals surface area contributed by atoms with E-state index >= 15 is 0 Å². The Morgan fingerprint density at radius 1 is 1.50 bits per heavy atom. The van der Waals surface area contributed by atoms with Crippen LogP contribution in [0, 0.1) is 0 Å². The summed E-state index contributed by atoms with van der Waals surface area (Å²) in [7, 11) is 0. The summed E-state index contributed by atoms with van der Waals surface area (Å²) in [6.45, 7) is 6.26. The number of nitrogens with one attached hydrogen (secondary N) is 2. The van der Waals surface area contributed by atoms with Crippen LogP contribution >= 0.6 is 0 Å². The monoisotopic (exact) mass is 219 g/mol. The van der Waals surface area contributed by atoms with Gasteiger partial charge in [-0.1, -0.05) is 20.8 Å². The van der Waals surface area contributed by atoms with Gasteiger partial charge in [0.25, 0.3) is 0 Å². The summed E-state index contributed by atoms with van der Waals surface area (Å²) in [5, 5.41) is 6.12. The zero-order valence-electron chi connectivity index (χ0n) is 9.87. The van der Waals surface area contributed by atoms with Gasteiger partial charge in [-0.3, -0.25) is 4.79 Å². The van der Waals surface area contributed by atoms with Gasteiger partial charge in [0.05, 0.1) is 5.69 Å². The molecule has 1 aliphatic rings. The Morgan fingerprint density at radius 3 is 2.88 bits per heavy atom. The quantitative estimate of drug-likeness (QED) is 0.802. The molecule has 86 valence electrons. The van der Waals surface area contributed by atoms with Crippen molar-refractivity contribution < 1.29 is 4.79 Å². The third-order valence-corrected chi connectivity index (χ3v) is 2.89. The van der Waals surface area contributed by atoms with Crippen LogP contribution in [-0.2, 0) is 4.79 Å². The van der Waals surface area contributed by atoms with E-state index in [9.17, 15) is 4.79 Å². The zero-order valence-corrected chi connectivity index (χ0v) is 9.87. The van der Waals surface area contributed by atoms with Gasteiger partial charge >= 0.3 is 0 Å². The lowest BCUT2D eigenvalue weighted by molar-refractivity contribution is -0.117. The Morgan fingerprint density at radius 2 is 2.25 bits per heavy atom. The lowest BCUT2D eigenvalue weighted by Crippen LogP contribution is -2.39. The highest BCUT2D eigenvalue weighted by molar-refractivity contribution is 6.02. The van der Waals surface area contributed by atoms with E-state index in [4.69, 9.17) is 0 Å². The van der Waals surface area contributed by atoms with Gasteiger partial charge in [0, 0.05) is 6.20 Å². The Bertz CT molecular complexity index is 415. The van der Waals surface area contributed by atoms with E-state index in [0.29, 0.717) is 11.7 Å². The maximum absolute atomic E-state index is 11.7. The summed E-state index contributed by atoms with van der Waals surface area (Å²) in [6, 6.07) is 1.86. The highest BCUT2D eigenvalue weighted by Gasteiger charge is 2.26. The second-order valence-corrected chi connectivity index (χ2v) is 4.37. The Labute approximate surface area is 95.5 Å². The number of carbonyl (C=O) groups excluding carboxylic acids is 1. The van der Waals surface area contributed by atoms with Crippen molar-refractivity contribution in [3.05, 3.63) is 17.8 Å². The zero-order chi connectivity index (χ0) is 11.7. The number of hydrogen-bond acceptors (Lipinski definition) is 3. The van der Waals surface area contributed by atoms with Gasteiger partial charge in [-0.05, 0) is 24.0 Å². The van der Waals surface area contributed by atoms with E-state index in [2.05, 4.69) is 29.5 Å². The third kappa shape index (κ3) is 1.75. The van der Waals surface area contributed by atoms with E-state index in [1.54, 1.807) is 6.20 Å². The van der Waals surface area contributed by atoms with Crippen molar-refractivity contribution in [2.24, 2.45) is 0 Å². The van der Waals surface area contributed by atoms with Gasteiger partial charge < -0.3 is 10.6 Å². The molecule has 0 radical (unpaired) electrons. The summed E-state index contributed by atoms with van der Waals surface area (Å²) >= 11 is 0. The molecule has 0 saturated heterocycles. The Kier molecular flexibility index (Phi) is 2.81. The standard InChI is InChI=1S/C12H17N3O/c1-4-9-12(16)15-11-10(14-9)8(7(2)3)5-6-13-11/h5-7,9,14H,4H2,1-3H3,(H,13,15,16)/t9-/m1/s1. The molecule has 1 aromatic heterocycles. The van der Waals surface area contributed by atoms with Crippen molar-refractivity contribution in [3.8, 4) is 0 Å². The second kappa shape index (κ2) is 4.12. The van der Waals surface area contributed by atoms with Gasteiger partial charge in [-0.25, -0.2) is 4.98 Å². The number of nitrogens with zero attached hydrogens (tertiary/aromatic N) is 1. The largest absolute Gasteiger partial charge is 0.370 e. The molecule has 0 aromatic carbocycles. The molecule has 4 heteroatoms. The van der Waals surface area contributed by atoms with Gasteiger partial charge in [-0.2, -0.15) is 0 Å². The summed E-state index contributed by atoms with van der Waals surface area (Å²) in [5.41, 5.74) is 2.17. The average Bonchev–Trinajstić information content (AvgIpc) is 2.26. The van der Waals surface area contributed by atoms with E-state index in [1.165, 1.54) is 5.56 Å². The topological polar surface area (TPSA) is 54.0 Å². The lowest BCUT2D eigenvalue weighted by Gasteiger charge is -2.27. The summed E-state index contributed by atoms with van der Waals surface area (Å²) < 4.78 is 0. The van der Waals surface area contributed by atoms with Gasteiger partial charge in [0.15, 0.2) is 5.82 Å². The molecule has 1 aliphatic heterocycles. The predicted octanol–water partition coefficient (Wildman–Crippen LogP) is 2.35. The van der Waals surface area contributed by atoms with Gasteiger partial charge in [-0.15, -0.1) is 0 Å². The summed E-state index contributed by atoms with van der Waals surface area (Å²) in [5.74, 6) is 1.07. The van der Waals surface area contributed by atoms with Crippen molar-refractivity contribution in [3.63, 3.8) is 0 Å². The number of anilines is 2. The molecule has 0 saturated carbocycles. The number of amides is 1. The fraction of sp³-hybridized carbons (Fsp3) is 0.500. The Balaban J connectivity index is 2.43. The van der Waals surface area contributed by atoms with E-state index in [1.807, 2.05) is 13.0 Å². The van der Waals surface area contributed by atoms with Crippen LogP contribution in [0.1, 0.15) is 38.7 Å². The SMILES string of the molecule is CC[C@H]1Nc2c(C(C)C)ccnc2NC1=O. The van der Waals surface area contributed by atoms with Crippen LogP contribution in [0.5, 0.6) is 0 Å². The van der Waals surface area contributed by atoms with Crippen LogP contribution in [-0.4, -0.2) is 16.9 Å². The highest BCUT2D eigenvalue weighted by Crippen LogP contribution is 2.33. The van der Waals surface area contributed by atoms with Gasteiger partial charge in [0.2, 0.25) is 5.91 Å². The predicted molar refractivity (Wildman–Crippen MR) is 64.7 cm³/mol. The second-order valence-electron chi connectivity index (χ2n) is 4.37. The molecule has 0 unspecified atom stereocenters. The molecule has 1 atom stereocenters. The molecule has 4 nitrogen and oxygen atoms in total. The molecule has 1 aromatic rings. The first-order chi connectivity index (χ1) is 7.63. The molecule has 0 fully saturated rings. The molecular weight excluding hydrogens is 202 g/mol. The average molecular weight is 219 g/mol. The first-order valence-corrected chi connectivity index (χ1v) is 5.69. The fourth-order valence-corrected chi connectivity index (χ4v) is 1.94. The highest BCUT2D eigenvalue weighted by atomic mass is 16.2. The molecule has 2 N–H and O–H groups in total. The first kappa shape index (κ1) is 10.9. The van der Waals surface area contributed by atoms with Crippen LogP contribution in [0.4, 0.5) is 11.5 Å². The minimum atomic E-state index is -0.144. The lowest BCUT2D eigenvalue weighted by atomic mass is 10.00. The van der Waals surface area contributed by atoms with E-state index in [-0.39, 0.29) is 11.9 Å². The van der Waals surface area contributed by atoms with Crippen molar-refractivity contribution in [1.29, 1.82) is 0 Å². The summed E-state index contributed by atoms with van der Waals surface area (Å²) in [6.07, 6.45) is 2.51. The molecule has 1 amide bonds. The number of rotatable bonds is 2. The first-order valence-electron chi connectivity index (χ1n) is 5.69. The molecule has 2 rings (SSSR count). The van der Waals surface area contributed by atoms with Crippen LogP contribution in [0.25, 0.3) is 0 Å². The van der Waals surface area contributed by atoms with Crippen molar-refractivity contribution in [1.82, 2.24) is 4.98 Å². The van der Waals surface area contributed by atoms with Crippen molar-refractivity contribution in [2.45, 2.75) is 39.2 Å². The smallest absolute Gasteiger partial charge is 0.248 e. The van der Waals surface area contributed by atoms with E-state index in [0.717, 1.165) is 12.1 Å². The number of pyridine rings is 1. The number of carbonyl (C=O) groups is 1. The number of aromatic nitrogens is 1. The minimum absolute atomic E-state index is 0.00315. The maximum Gasteiger partial charge on any atom is 0.248 e. The van der Waals surface area contributed by atoms with Gasteiger partial charge in [0.1, 0.15) is 6.04 Å². The van der Waals surface area contributed by atoms with Crippen molar-refractivity contribution >= 4 is 17.4 Å². The van der Waals surface area contributed by atoms with Crippen LogP contribution in [0.3, 0.4) is 0 Å². The molecule has 0 spiro atoms. The normalized spacial score (nSPS) is 19.0. The third-order valence-electron chi connectivity index (χ3n) is 2.89. The van der Waals surface area contributed by atoms with Crippen LogP contribution in [0.2, 0.25) is 0 Å². The maximum atomic E-state index is 11.7. The molecule has 0 aliphatic carbocycles. The minimum Gasteiger partial charge on any atom is -0.370 e. The summed E-state index contributed by atoms with van der Waals surface area (Å²) in [4.78, 5) is 15.8. The number of hydrogen-bond donors (Lipinski definition) is 2. The van der Waals surface area contributed by atoms with Crippen molar-refractivity contribution in [2.75, 3.05) is 10.6 Å². The molecule has 0 bridgehead atoms. The number of fused-ring (bicyclic) bond motifs is 1.